The number of allylic oxidation sites excluding steroid dienone is 4. The van der Waals surface area contributed by atoms with Crippen molar-refractivity contribution in [1.29, 1.82) is 0 Å². The van der Waals surface area contributed by atoms with Gasteiger partial charge in [0, 0.05) is 0 Å². The normalized spacial score (nSPS) is 10.9. The molecule has 0 saturated carbocycles. The van der Waals surface area contributed by atoms with Crippen LogP contribution in [0.25, 0.3) is 0 Å². The molecule has 0 saturated heterocycles. The number of ether oxygens (including phenoxy) is 3. The van der Waals surface area contributed by atoms with Gasteiger partial charge in [-0.2, -0.15) is 0 Å². The number of para-hydroxylation sites is 1. The number of nitrogens with zero attached hydrogens (tertiary/aromatic N) is 3. The third-order valence-corrected chi connectivity index (χ3v) is 4.41. The van der Waals surface area contributed by atoms with Gasteiger partial charge in [0.25, 0.3) is 15.3 Å². The van der Waals surface area contributed by atoms with Crippen LogP contribution >= 0.6 is 0 Å². The quantitative estimate of drug-likeness (QED) is 0.0835. The standard InChI is InChI=1S/C22H25N3O14/c1-4-17(10-9-16(2)3)39-21(27)18-7-5-6-8-19(18)34-11-20(26)35-12-22(13-36-23(28)29,14-37-24(30)31)15-38-25(32)33/h4-10H,1,11-15H2,2-3H3/b17-10+. The maximum absolute atomic E-state index is 12.6. The van der Waals surface area contributed by atoms with E-state index in [4.69, 9.17) is 14.2 Å². The molecule has 0 aromatic heterocycles. The summed E-state index contributed by atoms with van der Waals surface area (Å²) in [4.78, 5) is 69.3. The van der Waals surface area contributed by atoms with Crippen LogP contribution in [-0.4, -0.2) is 60.2 Å². The van der Waals surface area contributed by atoms with E-state index in [1.165, 1.54) is 36.4 Å². The topological polar surface area (TPSA) is 219 Å². The monoisotopic (exact) mass is 555 g/mol. The van der Waals surface area contributed by atoms with Crippen LogP contribution in [0.5, 0.6) is 5.75 Å². The maximum atomic E-state index is 12.6. The Labute approximate surface area is 220 Å². The molecular formula is C22H25N3O14. The Hall–Kier alpha value is -5.22. The van der Waals surface area contributed by atoms with Crippen molar-refractivity contribution in [2.75, 3.05) is 33.0 Å². The molecule has 0 radical (unpaired) electrons. The van der Waals surface area contributed by atoms with E-state index in [9.17, 15) is 39.9 Å². The van der Waals surface area contributed by atoms with Crippen LogP contribution in [0.4, 0.5) is 0 Å². The predicted octanol–water partition coefficient (Wildman–Crippen LogP) is 2.41. The van der Waals surface area contributed by atoms with Crippen LogP contribution in [0.15, 0.2) is 60.4 Å². The summed E-state index contributed by atoms with van der Waals surface area (Å²) in [5.74, 6) is -1.85. The van der Waals surface area contributed by atoms with Gasteiger partial charge in [-0.05, 0) is 38.1 Å². The molecule has 17 heteroatoms. The Morgan fingerprint density at radius 1 is 0.897 bits per heavy atom. The summed E-state index contributed by atoms with van der Waals surface area (Å²) in [7, 11) is 0. The molecule has 1 aromatic rings. The number of rotatable bonds is 18. The van der Waals surface area contributed by atoms with E-state index in [0.717, 1.165) is 5.57 Å². The molecule has 0 aliphatic heterocycles. The third kappa shape index (κ3) is 12.5. The van der Waals surface area contributed by atoms with Crippen LogP contribution < -0.4 is 4.74 Å². The van der Waals surface area contributed by atoms with E-state index in [1.807, 2.05) is 13.8 Å². The fourth-order valence-corrected chi connectivity index (χ4v) is 2.55. The summed E-state index contributed by atoms with van der Waals surface area (Å²) in [6.45, 7) is 2.50. The Balaban J connectivity index is 2.96. The minimum Gasteiger partial charge on any atom is -0.481 e. The zero-order valence-electron chi connectivity index (χ0n) is 20.8. The summed E-state index contributed by atoms with van der Waals surface area (Å²) >= 11 is 0. The van der Waals surface area contributed by atoms with Gasteiger partial charge < -0.3 is 28.7 Å². The van der Waals surface area contributed by atoms with Crippen molar-refractivity contribution in [3.63, 3.8) is 0 Å². The lowest BCUT2D eigenvalue weighted by molar-refractivity contribution is -0.782. The predicted molar refractivity (Wildman–Crippen MR) is 127 cm³/mol. The molecule has 0 bridgehead atoms. The largest absolute Gasteiger partial charge is 0.481 e. The summed E-state index contributed by atoms with van der Waals surface area (Å²) < 4.78 is 15.6. The first-order valence-electron chi connectivity index (χ1n) is 10.8. The highest BCUT2D eigenvalue weighted by Crippen LogP contribution is 2.23. The maximum Gasteiger partial charge on any atom is 0.347 e. The summed E-state index contributed by atoms with van der Waals surface area (Å²) in [6.07, 6.45) is 4.55. The van der Waals surface area contributed by atoms with Crippen molar-refractivity contribution in [2.24, 2.45) is 5.41 Å². The van der Waals surface area contributed by atoms with E-state index in [2.05, 4.69) is 21.1 Å². The number of carbonyl (C=O) groups excluding carboxylic acids is 2. The van der Waals surface area contributed by atoms with Crippen molar-refractivity contribution >= 4 is 11.9 Å². The van der Waals surface area contributed by atoms with Gasteiger partial charge in [0.2, 0.25) is 0 Å². The van der Waals surface area contributed by atoms with Crippen LogP contribution in [0.2, 0.25) is 0 Å². The van der Waals surface area contributed by atoms with Crippen LogP contribution in [0.1, 0.15) is 24.2 Å². The highest BCUT2D eigenvalue weighted by atomic mass is 17.0. The fourth-order valence-electron chi connectivity index (χ4n) is 2.55. The average molecular weight is 555 g/mol. The van der Waals surface area contributed by atoms with Crippen LogP contribution in [0, 0.1) is 35.8 Å². The van der Waals surface area contributed by atoms with Gasteiger partial charge in [-0.25, -0.2) is 9.59 Å². The number of benzene rings is 1. The van der Waals surface area contributed by atoms with E-state index < -0.39 is 65.6 Å². The molecule has 17 nitrogen and oxygen atoms in total. The van der Waals surface area contributed by atoms with Gasteiger partial charge >= 0.3 is 11.9 Å². The molecule has 212 valence electrons. The van der Waals surface area contributed by atoms with E-state index in [0.29, 0.717) is 0 Å². The van der Waals surface area contributed by atoms with E-state index in [-0.39, 0.29) is 17.1 Å². The van der Waals surface area contributed by atoms with Gasteiger partial charge in [0.1, 0.15) is 43.5 Å². The van der Waals surface area contributed by atoms with E-state index in [1.54, 1.807) is 6.08 Å². The summed E-state index contributed by atoms with van der Waals surface area (Å²) in [5.41, 5.74) is -1.14. The molecule has 0 amide bonds. The highest BCUT2D eigenvalue weighted by Gasteiger charge is 2.37. The second-order valence-electron chi connectivity index (χ2n) is 7.84. The number of carbonyl (C=O) groups is 2. The Morgan fingerprint density at radius 2 is 1.44 bits per heavy atom. The lowest BCUT2D eigenvalue weighted by Crippen LogP contribution is -2.44. The number of hydrogen-bond acceptors (Lipinski definition) is 14. The second-order valence-corrected chi connectivity index (χ2v) is 7.84. The van der Waals surface area contributed by atoms with Gasteiger partial charge in [0.15, 0.2) is 6.61 Å². The molecule has 1 aromatic carbocycles. The zero-order chi connectivity index (χ0) is 29.4. The number of esters is 2. The van der Waals surface area contributed by atoms with Gasteiger partial charge in [0.05, 0.1) is 5.41 Å². The molecule has 0 spiro atoms. The number of hydrogen-bond donors (Lipinski definition) is 0. The minimum absolute atomic E-state index is 0.0530. The smallest absolute Gasteiger partial charge is 0.347 e. The van der Waals surface area contributed by atoms with Crippen molar-refractivity contribution in [2.45, 2.75) is 13.8 Å². The molecule has 39 heavy (non-hydrogen) atoms. The Bertz CT molecular complexity index is 1080. The lowest BCUT2D eigenvalue weighted by atomic mass is 9.92. The van der Waals surface area contributed by atoms with Crippen molar-refractivity contribution in [1.82, 2.24) is 0 Å². The van der Waals surface area contributed by atoms with Gasteiger partial charge in [-0.3, -0.25) is 0 Å². The first-order valence-corrected chi connectivity index (χ1v) is 10.8. The average Bonchev–Trinajstić information content (AvgIpc) is 2.88. The molecule has 0 unspecified atom stereocenters. The Morgan fingerprint density at radius 3 is 1.92 bits per heavy atom. The lowest BCUT2D eigenvalue weighted by Gasteiger charge is -2.29. The zero-order valence-corrected chi connectivity index (χ0v) is 20.8. The fraction of sp³-hybridized carbons (Fsp3) is 0.364. The molecule has 1 rings (SSSR count). The van der Waals surface area contributed by atoms with Crippen LogP contribution in [-0.2, 0) is 28.8 Å². The molecular weight excluding hydrogens is 530 g/mol. The summed E-state index contributed by atoms with van der Waals surface area (Å²) in [5, 5.41) is 28.1. The SMILES string of the molecule is C=C/C(=C\C=C(C)C)OC(=O)c1ccccc1OCC(=O)OCC(CO[N+](=O)[O-])(CO[N+](=O)[O-])CO[N+](=O)[O-]. The highest BCUT2D eigenvalue weighted by molar-refractivity contribution is 5.93. The second kappa shape index (κ2) is 15.8. The molecule has 0 aliphatic rings. The van der Waals surface area contributed by atoms with Crippen LogP contribution in [0.3, 0.4) is 0 Å². The summed E-state index contributed by atoms with van der Waals surface area (Å²) in [6, 6.07) is 5.76. The van der Waals surface area contributed by atoms with E-state index >= 15 is 0 Å². The van der Waals surface area contributed by atoms with Gasteiger partial charge in [-0.1, -0.05) is 30.4 Å². The minimum atomic E-state index is -2.02. The van der Waals surface area contributed by atoms with Crippen molar-refractivity contribution in [3.05, 3.63) is 96.3 Å². The van der Waals surface area contributed by atoms with Gasteiger partial charge in [-0.15, -0.1) is 30.3 Å². The molecule has 0 fully saturated rings. The molecule has 0 N–H and O–H groups in total. The Kier molecular flexibility index (Phi) is 12.9. The van der Waals surface area contributed by atoms with Crippen molar-refractivity contribution < 1.29 is 53.6 Å². The molecule has 0 aliphatic carbocycles. The first kappa shape index (κ1) is 31.8. The first-order chi connectivity index (χ1) is 18.4. The third-order valence-electron chi connectivity index (χ3n) is 4.41. The molecule has 0 atom stereocenters. The van der Waals surface area contributed by atoms with Crippen molar-refractivity contribution in [3.8, 4) is 5.75 Å². The molecule has 0 heterocycles.